The van der Waals surface area contributed by atoms with E-state index in [1.54, 1.807) is 30.3 Å². The molecule has 1 saturated heterocycles. The lowest BCUT2D eigenvalue weighted by Gasteiger charge is -2.25. The zero-order valence-corrected chi connectivity index (χ0v) is 21.4. The molecule has 11 heteroatoms. The van der Waals surface area contributed by atoms with Crippen molar-refractivity contribution in [1.29, 1.82) is 0 Å². The number of fused-ring (bicyclic) bond motifs is 1. The molecule has 0 atom stereocenters. The molecule has 2 heterocycles. The number of hydrogen-bond donors (Lipinski definition) is 5. The Morgan fingerprint density at radius 1 is 0.950 bits per heavy atom. The van der Waals surface area contributed by atoms with Gasteiger partial charge in [0.15, 0.2) is 0 Å². The standard InChI is InChI=1S/C29H27N5O6/c35-24-17-34(13-12-30-24)14-15-40-33-27(36)19-6-9-21(10-7-19)31-26(18-4-2-1-3-5-18)25-22-11-8-20(29(38)39)16-23(22)32-28(25)37/h1-11,16,31H,12-15,17H2,(H,30,35)(H,32,37)(H,33,36)(H,38,39)/b26-25-. The van der Waals surface area contributed by atoms with Crippen molar-refractivity contribution < 1.29 is 29.1 Å². The lowest BCUT2D eigenvalue weighted by molar-refractivity contribution is -0.124. The number of nitrogens with zero attached hydrogens (tertiary/aromatic N) is 1. The molecule has 204 valence electrons. The van der Waals surface area contributed by atoms with E-state index in [1.165, 1.54) is 12.1 Å². The first-order chi connectivity index (χ1) is 19.4. The van der Waals surface area contributed by atoms with Gasteiger partial charge in [-0.1, -0.05) is 36.4 Å². The van der Waals surface area contributed by atoms with Gasteiger partial charge < -0.3 is 21.1 Å². The van der Waals surface area contributed by atoms with Gasteiger partial charge in [0.25, 0.3) is 11.8 Å². The summed E-state index contributed by atoms with van der Waals surface area (Å²) >= 11 is 0. The maximum Gasteiger partial charge on any atom is 0.335 e. The molecule has 0 saturated carbocycles. The van der Waals surface area contributed by atoms with Gasteiger partial charge in [0, 0.05) is 36.4 Å². The highest BCUT2D eigenvalue weighted by Gasteiger charge is 2.29. The molecule has 3 aromatic carbocycles. The summed E-state index contributed by atoms with van der Waals surface area (Å²) in [4.78, 5) is 55.7. The summed E-state index contributed by atoms with van der Waals surface area (Å²) in [6, 6.07) is 20.5. The molecular weight excluding hydrogens is 514 g/mol. The van der Waals surface area contributed by atoms with Crippen LogP contribution in [0.5, 0.6) is 0 Å². The molecule has 3 aromatic rings. The average Bonchev–Trinajstić information content (AvgIpc) is 3.29. The van der Waals surface area contributed by atoms with Crippen molar-refractivity contribution in [2.24, 2.45) is 0 Å². The lowest BCUT2D eigenvalue weighted by atomic mass is 9.99. The summed E-state index contributed by atoms with van der Waals surface area (Å²) in [6.45, 7) is 2.39. The van der Waals surface area contributed by atoms with Crippen molar-refractivity contribution in [2.45, 2.75) is 0 Å². The van der Waals surface area contributed by atoms with Crippen LogP contribution >= 0.6 is 0 Å². The number of amides is 3. The molecule has 2 aliphatic rings. The third kappa shape index (κ3) is 6.01. The summed E-state index contributed by atoms with van der Waals surface area (Å²) in [5.74, 6) is -1.88. The molecule has 5 rings (SSSR count). The molecule has 0 unspecified atom stereocenters. The molecule has 5 N–H and O–H groups in total. The summed E-state index contributed by atoms with van der Waals surface area (Å²) < 4.78 is 0. The Bertz CT molecular complexity index is 1490. The van der Waals surface area contributed by atoms with Crippen LogP contribution in [0.3, 0.4) is 0 Å². The van der Waals surface area contributed by atoms with Crippen LogP contribution in [0.15, 0.2) is 72.8 Å². The van der Waals surface area contributed by atoms with E-state index in [-0.39, 0.29) is 24.0 Å². The number of piperazine rings is 1. The third-order valence-corrected chi connectivity index (χ3v) is 6.53. The lowest BCUT2D eigenvalue weighted by Crippen LogP contribution is -2.48. The second-order valence-electron chi connectivity index (χ2n) is 9.24. The monoisotopic (exact) mass is 541 g/mol. The number of rotatable bonds is 9. The first kappa shape index (κ1) is 26.6. The van der Waals surface area contributed by atoms with Crippen LogP contribution in [-0.4, -0.2) is 66.5 Å². The molecule has 40 heavy (non-hydrogen) atoms. The molecule has 3 amide bonds. The first-order valence-electron chi connectivity index (χ1n) is 12.7. The summed E-state index contributed by atoms with van der Waals surface area (Å²) in [6.07, 6.45) is 0. The Balaban J connectivity index is 1.30. The number of aromatic carboxylic acids is 1. The molecule has 1 fully saturated rings. The topological polar surface area (TPSA) is 149 Å². The van der Waals surface area contributed by atoms with Gasteiger partial charge in [-0.2, -0.15) is 0 Å². The number of nitrogens with one attached hydrogen (secondary N) is 4. The van der Waals surface area contributed by atoms with Crippen molar-refractivity contribution in [1.82, 2.24) is 15.7 Å². The van der Waals surface area contributed by atoms with Crippen LogP contribution < -0.4 is 21.4 Å². The molecule has 0 radical (unpaired) electrons. The third-order valence-electron chi connectivity index (χ3n) is 6.53. The van der Waals surface area contributed by atoms with E-state index in [9.17, 15) is 24.3 Å². The van der Waals surface area contributed by atoms with E-state index in [1.807, 2.05) is 35.2 Å². The quantitative estimate of drug-likeness (QED) is 0.158. The van der Waals surface area contributed by atoms with E-state index in [4.69, 9.17) is 4.84 Å². The van der Waals surface area contributed by atoms with Gasteiger partial charge in [0.2, 0.25) is 5.91 Å². The maximum absolute atomic E-state index is 13.1. The van der Waals surface area contributed by atoms with Crippen molar-refractivity contribution in [3.8, 4) is 0 Å². The number of carbonyl (C=O) groups excluding carboxylic acids is 3. The van der Waals surface area contributed by atoms with Gasteiger partial charge in [0.05, 0.1) is 35.7 Å². The van der Waals surface area contributed by atoms with Crippen LogP contribution in [0.4, 0.5) is 11.4 Å². The minimum absolute atomic E-state index is 0.0276. The fraction of sp³-hybridized carbons (Fsp3) is 0.172. The molecule has 2 aliphatic heterocycles. The van der Waals surface area contributed by atoms with Gasteiger partial charge in [-0.05, 0) is 42.0 Å². The number of carbonyl (C=O) groups is 4. The largest absolute Gasteiger partial charge is 0.478 e. The van der Waals surface area contributed by atoms with E-state index < -0.39 is 11.9 Å². The van der Waals surface area contributed by atoms with Gasteiger partial charge >= 0.3 is 5.97 Å². The van der Waals surface area contributed by atoms with Gasteiger partial charge in [0.1, 0.15) is 0 Å². The Morgan fingerprint density at radius 2 is 1.70 bits per heavy atom. The highest BCUT2D eigenvalue weighted by molar-refractivity contribution is 6.37. The smallest absolute Gasteiger partial charge is 0.335 e. The van der Waals surface area contributed by atoms with Crippen molar-refractivity contribution >= 4 is 46.3 Å². The second-order valence-corrected chi connectivity index (χ2v) is 9.24. The average molecular weight is 542 g/mol. The number of hydroxylamine groups is 1. The molecule has 0 spiro atoms. The van der Waals surface area contributed by atoms with Crippen molar-refractivity contribution in [3.05, 3.63) is 95.1 Å². The highest BCUT2D eigenvalue weighted by atomic mass is 16.7. The fourth-order valence-electron chi connectivity index (χ4n) is 4.52. The first-order valence-corrected chi connectivity index (χ1v) is 12.7. The number of carboxylic acids is 1. The zero-order valence-electron chi connectivity index (χ0n) is 21.4. The molecule has 0 aliphatic carbocycles. The Kier molecular flexibility index (Phi) is 7.85. The van der Waals surface area contributed by atoms with Crippen LogP contribution in [0.1, 0.15) is 31.8 Å². The van der Waals surface area contributed by atoms with E-state index in [0.717, 1.165) is 12.1 Å². The fourth-order valence-corrected chi connectivity index (χ4v) is 4.52. The molecular formula is C29H27N5O6. The van der Waals surface area contributed by atoms with Gasteiger partial charge in [-0.3, -0.25) is 24.1 Å². The minimum Gasteiger partial charge on any atom is -0.478 e. The van der Waals surface area contributed by atoms with E-state index in [2.05, 4.69) is 21.4 Å². The number of anilines is 2. The summed E-state index contributed by atoms with van der Waals surface area (Å²) in [5.41, 5.74) is 6.17. The Labute approximate surface area is 229 Å². The number of benzene rings is 3. The molecule has 0 bridgehead atoms. The zero-order chi connectivity index (χ0) is 28.1. The van der Waals surface area contributed by atoms with Crippen LogP contribution in [0, 0.1) is 0 Å². The van der Waals surface area contributed by atoms with Crippen molar-refractivity contribution in [2.75, 3.05) is 43.4 Å². The van der Waals surface area contributed by atoms with Crippen molar-refractivity contribution in [3.63, 3.8) is 0 Å². The molecule has 11 nitrogen and oxygen atoms in total. The highest BCUT2D eigenvalue weighted by Crippen LogP contribution is 2.38. The van der Waals surface area contributed by atoms with E-state index >= 15 is 0 Å². The predicted octanol–water partition coefficient (Wildman–Crippen LogP) is 2.41. The Morgan fingerprint density at radius 3 is 2.42 bits per heavy atom. The second kappa shape index (κ2) is 11.8. The van der Waals surface area contributed by atoms with Crippen LogP contribution in [-0.2, 0) is 14.4 Å². The Hall–Kier alpha value is -5.00. The number of hydrogen-bond acceptors (Lipinski definition) is 7. The van der Waals surface area contributed by atoms with E-state index in [0.29, 0.717) is 53.4 Å². The summed E-state index contributed by atoms with van der Waals surface area (Å²) in [7, 11) is 0. The number of carboxylic acid groups (broad SMARTS) is 1. The maximum atomic E-state index is 13.1. The normalized spacial score (nSPS) is 16.0. The minimum atomic E-state index is -1.08. The summed E-state index contributed by atoms with van der Waals surface area (Å²) in [5, 5.41) is 18.1. The SMILES string of the molecule is O=C1CN(CCONC(=O)c2ccc(N/C(=C3\C(=O)Nc4cc(C(=O)O)ccc43)c3ccccc3)cc2)CCN1. The predicted molar refractivity (Wildman–Crippen MR) is 148 cm³/mol. The van der Waals surface area contributed by atoms with Gasteiger partial charge in [-0.15, -0.1) is 0 Å². The van der Waals surface area contributed by atoms with Gasteiger partial charge in [-0.25, -0.2) is 10.3 Å². The molecule has 0 aromatic heterocycles. The van der Waals surface area contributed by atoms with Crippen LogP contribution in [0.25, 0.3) is 11.3 Å². The van der Waals surface area contributed by atoms with Crippen LogP contribution in [0.2, 0.25) is 0 Å².